The molecule has 0 aromatic heterocycles. The minimum absolute atomic E-state index is 0.0654. The molecule has 1 aliphatic carbocycles. The molecule has 1 amide bonds. The van der Waals surface area contributed by atoms with E-state index in [-0.39, 0.29) is 18.4 Å². The Morgan fingerprint density at radius 3 is 2.58 bits per heavy atom. The van der Waals surface area contributed by atoms with E-state index in [0.29, 0.717) is 39.2 Å². The number of carbonyl (C=O) groups is 2. The molecule has 0 aromatic rings. The van der Waals surface area contributed by atoms with Gasteiger partial charge in [-0.25, -0.2) is 0 Å². The molecule has 6 nitrogen and oxygen atoms in total. The number of carbonyl (C=O) groups excluding carboxylic acids is 1. The van der Waals surface area contributed by atoms with Crippen LogP contribution in [0.15, 0.2) is 0 Å². The van der Waals surface area contributed by atoms with Crippen molar-refractivity contribution in [2.75, 3.05) is 26.4 Å². The van der Waals surface area contributed by atoms with Gasteiger partial charge in [0.2, 0.25) is 5.91 Å². The van der Waals surface area contributed by atoms with Gasteiger partial charge in [0.05, 0.1) is 31.3 Å². The molecular weight excluding hydrogens is 250 g/mol. The van der Waals surface area contributed by atoms with E-state index < -0.39 is 11.4 Å². The number of ether oxygens (including phenoxy) is 2. The van der Waals surface area contributed by atoms with Crippen molar-refractivity contribution in [1.29, 1.82) is 0 Å². The molecule has 19 heavy (non-hydrogen) atoms. The Hall–Kier alpha value is -1.14. The second-order valence-electron chi connectivity index (χ2n) is 5.34. The molecule has 1 atom stereocenters. The predicted octanol–water partition coefficient (Wildman–Crippen LogP) is 0.553. The van der Waals surface area contributed by atoms with Crippen molar-refractivity contribution in [2.24, 2.45) is 5.41 Å². The molecule has 0 bridgehead atoms. The molecule has 108 valence electrons. The zero-order valence-electron chi connectivity index (χ0n) is 11.0. The van der Waals surface area contributed by atoms with E-state index in [1.807, 2.05) is 0 Å². The molecule has 1 aliphatic heterocycles. The first-order valence-corrected chi connectivity index (χ1v) is 6.82. The van der Waals surface area contributed by atoms with E-state index in [1.165, 1.54) is 0 Å². The van der Waals surface area contributed by atoms with Gasteiger partial charge in [0.15, 0.2) is 0 Å². The van der Waals surface area contributed by atoms with E-state index in [2.05, 4.69) is 5.32 Å². The van der Waals surface area contributed by atoms with Crippen LogP contribution in [0.3, 0.4) is 0 Å². The number of carboxylic acids is 1. The maximum Gasteiger partial charge on any atom is 0.310 e. The fourth-order valence-corrected chi connectivity index (χ4v) is 2.77. The number of aliphatic carboxylic acids is 1. The highest BCUT2D eigenvalue weighted by atomic mass is 16.6. The van der Waals surface area contributed by atoms with Gasteiger partial charge in [0.25, 0.3) is 0 Å². The van der Waals surface area contributed by atoms with Gasteiger partial charge in [-0.1, -0.05) is 12.8 Å². The lowest BCUT2D eigenvalue weighted by molar-refractivity contribution is -0.151. The Bertz CT molecular complexity index is 332. The van der Waals surface area contributed by atoms with E-state index in [1.54, 1.807) is 0 Å². The molecule has 0 aromatic carbocycles. The van der Waals surface area contributed by atoms with Crippen molar-refractivity contribution < 1.29 is 24.2 Å². The van der Waals surface area contributed by atoms with Crippen molar-refractivity contribution in [3.63, 3.8) is 0 Å². The molecule has 6 heteroatoms. The van der Waals surface area contributed by atoms with Gasteiger partial charge in [-0.05, 0) is 12.8 Å². The van der Waals surface area contributed by atoms with Crippen molar-refractivity contribution >= 4 is 11.9 Å². The third-order valence-electron chi connectivity index (χ3n) is 3.93. The summed E-state index contributed by atoms with van der Waals surface area (Å²) in [5.41, 5.74) is -0.853. The molecule has 1 saturated carbocycles. The molecule has 2 N–H and O–H groups in total. The number of carboxylic acid groups (broad SMARTS) is 1. The lowest BCUT2D eigenvalue weighted by atomic mass is 9.82. The average Bonchev–Trinajstić information content (AvgIpc) is 2.87. The lowest BCUT2D eigenvalue weighted by Crippen LogP contribution is -2.42. The number of hydrogen-bond acceptors (Lipinski definition) is 4. The van der Waals surface area contributed by atoms with Crippen LogP contribution in [0.25, 0.3) is 0 Å². The summed E-state index contributed by atoms with van der Waals surface area (Å²) in [7, 11) is 0. The van der Waals surface area contributed by atoms with Crippen molar-refractivity contribution in [2.45, 2.75) is 38.2 Å². The average molecular weight is 271 g/mol. The molecule has 0 radical (unpaired) electrons. The highest BCUT2D eigenvalue weighted by Crippen LogP contribution is 2.41. The van der Waals surface area contributed by atoms with Gasteiger partial charge in [-0.3, -0.25) is 9.59 Å². The van der Waals surface area contributed by atoms with Gasteiger partial charge in [-0.2, -0.15) is 0 Å². The predicted molar refractivity (Wildman–Crippen MR) is 66.7 cm³/mol. The Labute approximate surface area is 112 Å². The summed E-state index contributed by atoms with van der Waals surface area (Å²) in [6.07, 6.45) is 2.91. The second kappa shape index (κ2) is 6.34. The summed E-state index contributed by atoms with van der Waals surface area (Å²) in [6, 6.07) is 0. The standard InChI is InChI=1S/C13H21NO5/c15-11(14-8-10-9-18-5-6-19-10)7-13(12(16)17)3-1-2-4-13/h10H,1-9H2,(H,14,15)(H,16,17). The van der Waals surface area contributed by atoms with Gasteiger partial charge in [-0.15, -0.1) is 0 Å². The number of hydrogen-bond donors (Lipinski definition) is 2. The van der Waals surface area contributed by atoms with Crippen LogP contribution >= 0.6 is 0 Å². The molecule has 2 fully saturated rings. The van der Waals surface area contributed by atoms with E-state index in [0.717, 1.165) is 12.8 Å². The first-order chi connectivity index (χ1) is 9.12. The summed E-state index contributed by atoms with van der Waals surface area (Å²) >= 11 is 0. The Balaban J connectivity index is 1.78. The van der Waals surface area contributed by atoms with Crippen molar-refractivity contribution in [3.8, 4) is 0 Å². The SMILES string of the molecule is O=C(CC1(C(=O)O)CCCC1)NCC1COCCO1. The Morgan fingerprint density at radius 2 is 2.00 bits per heavy atom. The first-order valence-electron chi connectivity index (χ1n) is 6.82. The largest absolute Gasteiger partial charge is 0.481 e. The van der Waals surface area contributed by atoms with Crippen LogP contribution in [0.2, 0.25) is 0 Å². The van der Waals surface area contributed by atoms with Gasteiger partial charge in [0, 0.05) is 13.0 Å². The zero-order chi connectivity index (χ0) is 13.7. The fourth-order valence-electron chi connectivity index (χ4n) is 2.77. The monoisotopic (exact) mass is 271 g/mol. The normalized spacial score (nSPS) is 26.0. The number of rotatable bonds is 5. The second-order valence-corrected chi connectivity index (χ2v) is 5.34. The molecule has 2 rings (SSSR count). The van der Waals surface area contributed by atoms with Crippen molar-refractivity contribution in [3.05, 3.63) is 0 Å². The Morgan fingerprint density at radius 1 is 1.26 bits per heavy atom. The van der Waals surface area contributed by atoms with E-state index >= 15 is 0 Å². The minimum Gasteiger partial charge on any atom is -0.481 e. The molecule has 0 spiro atoms. The summed E-state index contributed by atoms with van der Waals surface area (Å²) < 4.78 is 10.7. The van der Waals surface area contributed by atoms with Gasteiger partial charge < -0.3 is 19.9 Å². The molecule has 1 saturated heterocycles. The van der Waals surface area contributed by atoms with Gasteiger partial charge >= 0.3 is 5.97 Å². The third kappa shape index (κ3) is 3.67. The quantitative estimate of drug-likeness (QED) is 0.763. The van der Waals surface area contributed by atoms with E-state index in [9.17, 15) is 14.7 Å². The topological polar surface area (TPSA) is 84.9 Å². The zero-order valence-corrected chi connectivity index (χ0v) is 11.0. The van der Waals surface area contributed by atoms with Crippen molar-refractivity contribution in [1.82, 2.24) is 5.32 Å². The van der Waals surface area contributed by atoms with Gasteiger partial charge in [0.1, 0.15) is 0 Å². The Kier molecular flexibility index (Phi) is 4.76. The smallest absolute Gasteiger partial charge is 0.310 e. The number of nitrogens with one attached hydrogen (secondary N) is 1. The van der Waals surface area contributed by atoms with Crippen LogP contribution in [0, 0.1) is 5.41 Å². The van der Waals surface area contributed by atoms with Crippen LogP contribution < -0.4 is 5.32 Å². The first kappa shape index (κ1) is 14.3. The summed E-state index contributed by atoms with van der Waals surface area (Å²) in [4.78, 5) is 23.2. The minimum atomic E-state index is -0.853. The van der Waals surface area contributed by atoms with Crippen LogP contribution in [-0.4, -0.2) is 49.5 Å². The molecule has 1 unspecified atom stereocenters. The van der Waals surface area contributed by atoms with E-state index in [4.69, 9.17) is 9.47 Å². The van der Waals surface area contributed by atoms with Crippen LogP contribution in [0.4, 0.5) is 0 Å². The maximum absolute atomic E-state index is 11.9. The summed E-state index contributed by atoms with van der Waals surface area (Å²) in [5.74, 6) is -1.06. The number of amides is 1. The molecule has 2 aliphatic rings. The van der Waals surface area contributed by atoms with Crippen LogP contribution in [-0.2, 0) is 19.1 Å². The summed E-state index contributed by atoms with van der Waals surface area (Å²) in [5, 5.41) is 12.1. The fraction of sp³-hybridized carbons (Fsp3) is 0.846. The van der Waals surface area contributed by atoms with Crippen LogP contribution in [0.5, 0.6) is 0 Å². The highest BCUT2D eigenvalue weighted by molar-refractivity contribution is 5.85. The molecule has 1 heterocycles. The maximum atomic E-state index is 11.9. The lowest BCUT2D eigenvalue weighted by Gasteiger charge is -2.25. The highest BCUT2D eigenvalue weighted by Gasteiger charge is 2.42. The third-order valence-corrected chi connectivity index (χ3v) is 3.93. The van der Waals surface area contributed by atoms with Crippen LogP contribution in [0.1, 0.15) is 32.1 Å². The summed E-state index contributed by atoms with van der Waals surface area (Å²) in [6.45, 7) is 1.99. The molecular formula is C13H21NO5.